The maximum Gasteiger partial charge on any atom is 0.305 e. The fourth-order valence-electron chi connectivity index (χ4n) is 5.10. The maximum atomic E-state index is 12.0. The minimum absolute atomic E-state index is 0.0900. The summed E-state index contributed by atoms with van der Waals surface area (Å²) in [7, 11) is 0. The Bertz CT molecular complexity index is 440. The van der Waals surface area contributed by atoms with Gasteiger partial charge in [-0.05, 0) is 12.8 Å². The van der Waals surface area contributed by atoms with Gasteiger partial charge in [-0.2, -0.15) is 0 Å². The number of ether oxygens (including phenoxy) is 2. The molecule has 1 rings (SSSR count). The summed E-state index contributed by atoms with van der Waals surface area (Å²) in [6.07, 6.45) is 33.4. The zero-order chi connectivity index (χ0) is 25.1. The van der Waals surface area contributed by atoms with Gasteiger partial charge in [0.15, 0.2) is 0 Å². The van der Waals surface area contributed by atoms with E-state index in [1.54, 1.807) is 0 Å². The average Bonchev–Trinajstić information content (AvgIpc) is 2.86. The summed E-state index contributed by atoms with van der Waals surface area (Å²) in [5.74, 6) is -0.155. The molecule has 1 fully saturated rings. The fraction of sp³-hybridized carbons (Fsp3) is 0.968. The Morgan fingerprint density at radius 3 is 1.17 bits per heavy atom. The summed E-state index contributed by atoms with van der Waals surface area (Å²) in [4.78, 5) is 12.0. The summed E-state index contributed by atoms with van der Waals surface area (Å²) in [5.41, 5.74) is 0. The molecule has 0 radical (unpaired) electrons. The number of carbonyl (C=O) groups excluding carboxylic acids is 1. The molecule has 35 heavy (non-hydrogen) atoms. The summed E-state index contributed by atoms with van der Waals surface area (Å²) in [5, 5.41) is 9.49. The lowest BCUT2D eigenvalue weighted by molar-refractivity contribution is -0.149. The van der Waals surface area contributed by atoms with Crippen molar-refractivity contribution in [3.05, 3.63) is 0 Å². The second-order valence-corrected chi connectivity index (χ2v) is 10.9. The van der Waals surface area contributed by atoms with Gasteiger partial charge in [-0.25, -0.2) is 0 Å². The maximum absolute atomic E-state index is 12.0. The van der Waals surface area contributed by atoms with Crippen LogP contribution in [0.5, 0.6) is 0 Å². The summed E-state index contributed by atoms with van der Waals surface area (Å²) in [6, 6.07) is 0. The minimum atomic E-state index is -0.382. The molecule has 0 aromatic carbocycles. The van der Waals surface area contributed by atoms with Crippen molar-refractivity contribution in [1.29, 1.82) is 0 Å². The van der Waals surface area contributed by atoms with Gasteiger partial charge < -0.3 is 14.6 Å². The second-order valence-electron chi connectivity index (χ2n) is 10.9. The van der Waals surface area contributed by atoms with E-state index in [0.29, 0.717) is 13.0 Å². The van der Waals surface area contributed by atoms with Crippen LogP contribution in [0.1, 0.15) is 167 Å². The van der Waals surface area contributed by atoms with E-state index in [0.717, 1.165) is 19.3 Å². The third kappa shape index (κ3) is 23.5. The van der Waals surface area contributed by atoms with Crippen LogP contribution >= 0.6 is 0 Å². The molecular formula is C31H60O4. The van der Waals surface area contributed by atoms with Gasteiger partial charge >= 0.3 is 5.97 Å². The molecule has 1 atom stereocenters. The van der Waals surface area contributed by atoms with Crippen LogP contribution in [0.15, 0.2) is 0 Å². The van der Waals surface area contributed by atoms with Crippen LogP contribution in [0.4, 0.5) is 0 Å². The number of hydrogen-bond acceptors (Lipinski definition) is 4. The Balaban J connectivity index is 2.16. The van der Waals surface area contributed by atoms with E-state index >= 15 is 0 Å². The molecule has 1 aliphatic rings. The molecule has 1 heterocycles. The van der Waals surface area contributed by atoms with E-state index in [4.69, 9.17) is 9.47 Å². The molecule has 0 saturated carbocycles. The zero-order valence-corrected chi connectivity index (χ0v) is 23.3. The van der Waals surface area contributed by atoms with Crippen molar-refractivity contribution >= 4 is 5.97 Å². The van der Waals surface area contributed by atoms with Crippen molar-refractivity contribution < 1.29 is 19.4 Å². The number of cyclic esters (lactones) is 1. The molecule has 1 aliphatic heterocycles. The number of aliphatic hydroxyl groups is 1. The Morgan fingerprint density at radius 1 is 0.514 bits per heavy atom. The molecule has 0 aromatic heterocycles. The fourth-order valence-corrected chi connectivity index (χ4v) is 5.10. The summed E-state index contributed by atoms with van der Waals surface area (Å²) in [6.45, 7) is 0.728. The molecule has 208 valence electrons. The van der Waals surface area contributed by atoms with E-state index in [-0.39, 0.29) is 25.3 Å². The molecule has 1 N–H and O–H groups in total. The smallest absolute Gasteiger partial charge is 0.305 e. The highest BCUT2D eigenvalue weighted by molar-refractivity contribution is 5.69. The monoisotopic (exact) mass is 496 g/mol. The molecule has 1 unspecified atom stereocenters. The topological polar surface area (TPSA) is 55.8 Å². The molecule has 0 amide bonds. The Labute approximate surface area is 218 Å². The highest BCUT2D eigenvalue weighted by Crippen LogP contribution is 2.16. The average molecular weight is 497 g/mol. The molecule has 1 saturated heterocycles. The van der Waals surface area contributed by atoms with Crippen LogP contribution in [0.3, 0.4) is 0 Å². The van der Waals surface area contributed by atoms with E-state index in [2.05, 4.69) is 0 Å². The van der Waals surface area contributed by atoms with Crippen molar-refractivity contribution in [2.45, 2.75) is 173 Å². The van der Waals surface area contributed by atoms with Crippen LogP contribution in [-0.2, 0) is 14.3 Å². The summed E-state index contributed by atoms with van der Waals surface area (Å²) < 4.78 is 11.1. The van der Waals surface area contributed by atoms with Crippen LogP contribution in [0.25, 0.3) is 0 Å². The van der Waals surface area contributed by atoms with Crippen molar-refractivity contribution in [3.8, 4) is 0 Å². The third-order valence-electron chi connectivity index (χ3n) is 7.51. The van der Waals surface area contributed by atoms with Crippen LogP contribution in [0, 0.1) is 0 Å². The Kier molecular flexibility index (Phi) is 24.5. The minimum Gasteiger partial charge on any atom is -0.463 e. The van der Waals surface area contributed by atoms with E-state index < -0.39 is 0 Å². The van der Waals surface area contributed by atoms with Gasteiger partial charge in [0.25, 0.3) is 0 Å². The second kappa shape index (κ2) is 26.5. The molecule has 0 aromatic rings. The standard InChI is InChI=1S/C31H60O4/c32-28-30-29-35-31(33)26-24-22-20-18-16-14-12-10-8-6-4-2-1-3-5-7-9-11-13-15-17-19-21-23-25-27-34-30/h30,32H,1-29H2. The lowest BCUT2D eigenvalue weighted by Gasteiger charge is -2.15. The van der Waals surface area contributed by atoms with Crippen LogP contribution in [-0.4, -0.2) is 37.0 Å². The van der Waals surface area contributed by atoms with Gasteiger partial charge in [0.2, 0.25) is 0 Å². The summed E-state index contributed by atoms with van der Waals surface area (Å²) >= 11 is 0. The Hall–Kier alpha value is -0.610. The van der Waals surface area contributed by atoms with E-state index in [1.807, 2.05) is 0 Å². The molecule has 4 nitrogen and oxygen atoms in total. The lowest BCUT2D eigenvalue weighted by Crippen LogP contribution is -2.26. The van der Waals surface area contributed by atoms with E-state index in [9.17, 15) is 9.90 Å². The molecule has 0 aliphatic carbocycles. The van der Waals surface area contributed by atoms with Gasteiger partial charge in [-0.15, -0.1) is 0 Å². The van der Waals surface area contributed by atoms with Crippen LogP contribution < -0.4 is 0 Å². The predicted molar refractivity (Wildman–Crippen MR) is 148 cm³/mol. The SMILES string of the molecule is O=C1CCCCCCCCCCCCCCCCCCCCCCCCCCCOC(CO)CO1. The predicted octanol–water partition coefficient (Wildman–Crippen LogP) is 9.06. The van der Waals surface area contributed by atoms with Crippen molar-refractivity contribution in [3.63, 3.8) is 0 Å². The number of hydrogen-bond donors (Lipinski definition) is 1. The molecule has 4 heteroatoms. The van der Waals surface area contributed by atoms with Gasteiger partial charge in [0, 0.05) is 13.0 Å². The first kappa shape index (κ1) is 32.4. The molecule has 0 bridgehead atoms. The van der Waals surface area contributed by atoms with Crippen molar-refractivity contribution in [1.82, 2.24) is 0 Å². The highest BCUT2D eigenvalue weighted by atomic mass is 16.6. The van der Waals surface area contributed by atoms with Gasteiger partial charge in [-0.1, -0.05) is 148 Å². The van der Waals surface area contributed by atoms with Crippen LogP contribution in [0.2, 0.25) is 0 Å². The third-order valence-corrected chi connectivity index (χ3v) is 7.51. The van der Waals surface area contributed by atoms with Crippen molar-refractivity contribution in [2.75, 3.05) is 19.8 Å². The largest absolute Gasteiger partial charge is 0.463 e. The number of carbonyl (C=O) groups is 1. The highest BCUT2D eigenvalue weighted by Gasteiger charge is 2.11. The Morgan fingerprint density at radius 2 is 0.829 bits per heavy atom. The normalized spacial score (nSPS) is 24.9. The number of esters is 1. The lowest BCUT2D eigenvalue weighted by atomic mass is 10.0. The van der Waals surface area contributed by atoms with Gasteiger partial charge in [0.05, 0.1) is 6.61 Å². The van der Waals surface area contributed by atoms with E-state index in [1.165, 1.54) is 141 Å². The van der Waals surface area contributed by atoms with Crippen molar-refractivity contribution in [2.24, 2.45) is 0 Å². The number of rotatable bonds is 1. The molecule has 0 spiro atoms. The quantitative estimate of drug-likeness (QED) is 0.368. The molecular weight excluding hydrogens is 436 g/mol. The first-order valence-electron chi connectivity index (χ1n) is 15.7. The zero-order valence-electron chi connectivity index (χ0n) is 23.3. The number of aliphatic hydroxyl groups excluding tert-OH is 1. The van der Waals surface area contributed by atoms with Gasteiger partial charge in [0.1, 0.15) is 12.7 Å². The first-order chi connectivity index (χ1) is 17.3. The first-order valence-corrected chi connectivity index (χ1v) is 15.7. The van der Waals surface area contributed by atoms with Gasteiger partial charge in [-0.3, -0.25) is 4.79 Å².